The predicted molar refractivity (Wildman–Crippen MR) is 135 cm³/mol. The lowest BCUT2D eigenvalue weighted by Gasteiger charge is -2.14. The topological polar surface area (TPSA) is 35.5 Å². The number of benzene rings is 5. The van der Waals surface area contributed by atoms with Gasteiger partial charge in [-0.3, -0.25) is 4.79 Å². The molecule has 0 unspecified atom stereocenters. The smallest absolute Gasteiger partial charge is 0.306 e. The standard InChI is InChI=1S/C30H28O3/c31-28(33-20-22-8-3-1-4-9-22)12-5-2-6-19-32-21-26-16-15-25-14-13-23-10-7-11-24-17-18-27(26)30(25)29(23)24/h1,3-4,7-11,13-18H,2,5-6,12,19-21H2. The zero-order valence-corrected chi connectivity index (χ0v) is 18.8. The third-order valence-electron chi connectivity index (χ3n) is 6.29. The van der Waals surface area contributed by atoms with Crippen molar-refractivity contribution in [3.05, 3.63) is 96.1 Å². The summed E-state index contributed by atoms with van der Waals surface area (Å²) < 4.78 is 11.3. The summed E-state index contributed by atoms with van der Waals surface area (Å²) in [5, 5.41) is 7.79. The molecule has 0 aliphatic rings. The first-order valence-electron chi connectivity index (χ1n) is 11.7. The van der Waals surface area contributed by atoms with Gasteiger partial charge >= 0.3 is 5.97 Å². The number of carbonyl (C=O) groups is 1. The Bertz CT molecular complexity index is 1340. The molecule has 0 amide bonds. The maximum Gasteiger partial charge on any atom is 0.306 e. The van der Waals surface area contributed by atoms with E-state index in [-0.39, 0.29) is 5.97 Å². The van der Waals surface area contributed by atoms with Crippen molar-refractivity contribution in [2.24, 2.45) is 0 Å². The zero-order chi connectivity index (χ0) is 22.5. The van der Waals surface area contributed by atoms with Crippen LogP contribution in [0.4, 0.5) is 0 Å². The molecular formula is C30H28O3. The Hall–Kier alpha value is -3.43. The summed E-state index contributed by atoms with van der Waals surface area (Å²) in [6, 6.07) is 29.5. The van der Waals surface area contributed by atoms with Gasteiger partial charge in [-0.1, -0.05) is 91.3 Å². The molecule has 0 N–H and O–H groups in total. The van der Waals surface area contributed by atoms with Crippen LogP contribution in [0.1, 0.15) is 36.8 Å². The van der Waals surface area contributed by atoms with Crippen LogP contribution < -0.4 is 0 Å². The van der Waals surface area contributed by atoms with E-state index in [0.29, 0.717) is 26.2 Å². The molecule has 0 spiro atoms. The highest BCUT2D eigenvalue weighted by molar-refractivity contribution is 6.23. The molecule has 0 bridgehead atoms. The minimum atomic E-state index is -0.131. The van der Waals surface area contributed by atoms with Crippen molar-refractivity contribution in [2.75, 3.05) is 6.61 Å². The maximum atomic E-state index is 11.9. The number of rotatable bonds is 10. The average Bonchev–Trinajstić information content (AvgIpc) is 2.86. The molecule has 0 radical (unpaired) electrons. The van der Waals surface area contributed by atoms with Gasteiger partial charge < -0.3 is 9.47 Å². The van der Waals surface area contributed by atoms with Crippen molar-refractivity contribution in [3.63, 3.8) is 0 Å². The molecule has 0 aliphatic carbocycles. The fourth-order valence-electron chi connectivity index (χ4n) is 4.56. The van der Waals surface area contributed by atoms with Crippen LogP contribution in [0.3, 0.4) is 0 Å². The molecule has 0 heterocycles. The van der Waals surface area contributed by atoms with E-state index in [4.69, 9.17) is 9.47 Å². The Balaban J connectivity index is 1.09. The first-order chi connectivity index (χ1) is 16.3. The summed E-state index contributed by atoms with van der Waals surface area (Å²) in [4.78, 5) is 11.9. The Kier molecular flexibility index (Phi) is 6.50. The molecule has 33 heavy (non-hydrogen) atoms. The van der Waals surface area contributed by atoms with E-state index in [2.05, 4.69) is 54.6 Å². The van der Waals surface area contributed by atoms with Crippen molar-refractivity contribution in [1.82, 2.24) is 0 Å². The molecule has 0 saturated heterocycles. The van der Waals surface area contributed by atoms with Crippen LogP contribution in [0.2, 0.25) is 0 Å². The Morgan fingerprint density at radius 1 is 0.636 bits per heavy atom. The molecule has 5 aromatic rings. The van der Waals surface area contributed by atoms with Gasteiger partial charge in [0.15, 0.2) is 0 Å². The van der Waals surface area contributed by atoms with E-state index in [9.17, 15) is 4.79 Å². The third-order valence-corrected chi connectivity index (χ3v) is 6.29. The van der Waals surface area contributed by atoms with Gasteiger partial charge in [0, 0.05) is 13.0 Å². The Morgan fingerprint density at radius 3 is 2.18 bits per heavy atom. The molecule has 0 saturated carbocycles. The van der Waals surface area contributed by atoms with Gasteiger partial charge in [-0.25, -0.2) is 0 Å². The first kappa shape index (κ1) is 21.4. The van der Waals surface area contributed by atoms with Crippen LogP contribution in [-0.4, -0.2) is 12.6 Å². The minimum Gasteiger partial charge on any atom is -0.461 e. The van der Waals surface area contributed by atoms with Gasteiger partial charge in [0.05, 0.1) is 6.61 Å². The Labute approximate surface area is 194 Å². The molecule has 3 nitrogen and oxygen atoms in total. The Morgan fingerprint density at radius 2 is 1.36 bits per heavy atom. The summed E-state index contributed by atoms with van der Waals surface area (Å²) in [5.74, 6) is -0.131. The van der Waals surface area contributed by atoms with Gasteiger partial charge in [0.25, 0.3) is 0 Å². The van der Waals surface area contributed by atoms with Crippen LogP contribution in [0.5, 0.6) is 0 Å². The van der Waals surface area contributed by atoms with E-state index in [1.807, 2.05) is 30.3 Å². The summed E-state index contributed by atoms with van der Waals surface area (Å²) in [5.41, 5.74) is 2.25. The number of esters is 1. The highest BCUT2D eigenvalue weighted by Crippen LogP contribution is 2.36. The van der Waals surface area contributed by atoms with Crippen molar-refractivity contribution in [1.29, 1.82) is 0 Å². The number of hydrogen-bond donors (Lipinski definition) is 0. The molecule has 3 heteroatoms. The normalized spacial score (nSPS) is 11.5. The molecular weight excluding hydrogens is 408 g/mol. The summed E-state index contributed by atoms with van der Waals surface area (Å²) in [6.07, 6.45) is 3.19. The quantitative estimate of drug-likeness (QED) is 0.130. The summed E-state index contributed by atoms with van der Waals surface area (Å²) >= 11 is 0. The molecule has 5 aromatic carbocycles. The van der Waals surface area contributed by atoms with Gasteiger partial charge in [-0.15, -0.1) is 0 Å². The van der Waals surface area contributed by atoms with Crippen molar-refractivity contribution in [3.8, 4) is 0 Å². The molecule has 0 atom stereocenters. The van der Waals surface area contributed by atoms with Crippen molar-refractivity contribution in [2.45, 2.75) is 38.9 Å². The second-order valence-electron chi connectivity index (χ2n) is 8.59. The minimum absolute atomic E-state index is 0.131. The van der Waals surface area contributed by atoms with Gasteiger partial charge in [0.1, 0.15) is 6.61 Å². The fraction of sp³-hybridized carbons (Fsp3) is 0.233. The van der Waals surface area contributed by atoms with E-state index in [0.717, 1.165) is 24.8 Å². The second kappa shape index (κ2) is 10.0. The summed E-state index contributed by atoms with van der Waals surface area (Å²) in [6.45, 7) is 1.65. The second-order valence-corrected chi connectivity index (χ2v) is 8.59. The molecule has 0 aromatic heterocycles. The fourth-order valence-corrected chi connectivity index (χ4v) is 4.56. The number of hydrogen-bond acceptors (Lipinski definition) is 3. The zero-order valence-electron chi connectivity index (χ0n) is 18.8. The van der Waals surface area contributed by atoms with E-state index in [1.54, 1.807) is 0 Å². The highest BCUT2D eigenvalue weighted by atomic mass is 16.5. The van der Waals surface area contributed by atoms with Crippen LogP contribution in [0.25, 0.3) is 32.3 Å². The number of ether oxygens (including phenoxy) is 2. The lowest BCUT2D eigenvalue weighted by Crippen LogP contribution is -2.04. The third kappa shape index (κ3) is 4.84. The molecule has 5 rings (SSSR count). The maximum absolute atomic E-state index is 11.9. The number of unbranched alkanes of at least 4 members (excludes halogenated alkanes) is 2. The monoisotopic (exact) mass is 436 g/mol. The lowest BCUT2D eigenvalue weighted by atomic mass is 9.92. The molecule has 0 aliphatic heterocycles. The van der Waals surface area contributed by atoms with E-state index in [1.165, 1.54) is 37.9 Å². The highest BCUT2D eigenvalue weighted by Gasteiger charge is 2.10. The van der Waals surface area contributed by atoms with Crippen LogP contribution >= 0.6 is 0 Å². The van der Waals surface area contributed by atoms with Crippen LogP contribution in [-0.2, 0) is 27.5 Å². The van der Waals surface area contributed by atoms with Gasteiger partial charge in [-0.2, -0.15) is 0 Å². The van der Waals surface area contributed by atoms with E-state index >= 15 is 0 Å². The SMILES string of the molecule is O=C(CCCCCOCc1ccc2ccc3cccc4ccc1c2c34)OCc1ccccc1. The predicted octanol–water partition coefficient (Wildman–Crippen LogP) is 7.40. The van der Waals surface area contributed by atoms with Gasteiger partial charge in [-0.05, 0) is 56.3 Å². The summed E-state index contributed by atoms with van der Waals surface area (Å²) in [7, 11) is 0. The molecule has 0 fully saturated rings. The van der Waals surface area contributed by atoms with E-state index < -0.39 is 0 Å². The first-order valence-corrected chi connectivity index (χ1v) is 11.7. The van der Waals surface area contributed by atoms with Crippen molar-refractivity contribution >= 4 is 38.3 Å². The van der Waals surface area contributed by atoms with Gasteiger partial charge in [0.2, 0.25) is 0 Å². The van der Waals surface area contributed by atoms with Crippen LogP contribution in [0, 0.1) is 0 Å². The molecule has 166 valence electrons. The average molecular weight is 437 g/mol. The number of carbonyl (C=O) groups excluding carboxylic acids is 1. The van der Waals surface area contributed by atoms with Crippen molar-refractivity contribution < 1.29 is 14.3 Å². The van der Waals surface area contributed by atoms with Crippen LogP contribution in [0.15, 0.2) is 84.9 Å². The largest absolute Gasteiger partial charge is 0.461 e. The lowest BCUT2D eigenvalue weighted by molar-refractivity contribution is -0.145.